The van der Waals surface area contributed by atoms with Gasteiger partial charge in [-0.1, -0.05) is 20.8 Å². The summed E-state index contributed by atoms with van der Waals surface area (Å²) in [5.41, 5.74) is 3.31. The lowest BCUT2D eigenvalue weighted by Gasteiger charge is -2.38. The van der Waals surface area contributed by atoms with Crippen molar-refractivity contribution in [2.75, 3.05) is 37.6 Å². The minimum atomic E-state index is -0.220. The van der Waals surface area contributed by atoms with Crippen molar-refractivity contribution < 1.29 is 4.39 Å². The summed E-state index contributed by atoms with van der Waals surface area (Å²) in [5.74, 6) is 1.54. The topological polar surface area (TPSA) is 36.3 Å². The zero-order chi connectivity index (χ0) is 21.0. The zero-order valence-electron chi connectivity index (χ0n) is 18.6. The molecule has 1 saturated heterocycles. The first-order chi connectivity index (χ1) is 13.9. The minimum absolute atomic E-state index is 0.220. The molecule has 1 aliphatic heterocycles. The molecule has 2 aromatic rings. The number of nitrogens with one attached hydrogen (secondary N) is 1. The van der Waals surface area contributed by atoms with Crippen LogP contribution in [-0.2, 0) is 13.0 Å². The number of halogens is 1. The number of hydrogen-bond acceptors (Lipinski definition) is 4. The van der Waals surface area contributed by atoms with E-state index >= 15 is 0 Å². The van der Waals surface area contributed by atoms with E-state index in [0.29, 0.717) is 12.0 Å². The van der Waals surface area contributed by atoms with Crippen molar-refractivity contribution in [1.29, 1.82) is 0 Å². The standard InChI is InChI=1S/C23H36FN5/c1-6-22-21(16-25-15-17(2)3)23(28-13-11-27(12-14-28)18(4)5)29(26-22)20-9-7-19(24)8-10-20/h7-10,17-18,25H,6,11-16H2,1-5H3. The summed E-state index contributed by atoms with van der Waals surface area (Å²) in [6.45, 7) is 17.0. The normalized spacial score (nSPS) is 15.7. The van der Waals surface area contributed by atoms with E-state index in [2.05, 4.69) is 49.7 Å². The number of benzene rings is 1. The Balaban J connectivity index is 1.97. The molecule has 5 nitrogen and oxygen atoms in total. The summed E-state index contributed by atoms with van der Waals surface area (Å²) < 4.78 is 15.5. The summed E-state index contributed by atoms with van der Waals surface area (Å²) in [4.78, 5) is 4.98. The summed E-state index contributed by atoms with van der Waals surface area (Å²) in [5, 5.41) is 8.56. The van der Waals surface area contributed by atoms with E-state index in [1.165, 1.54) is 17.7 Å². The Morgan fingerprint density at radius 1 is 1.03 bits per heavy atom. The van der Waals surface area contributed by atoms with Crippen LogP contribution in [0.25, 0.3) is 5.69 Å². The lowest BCUT2D eigenvalue weighted by atomic mass is 10.1. The van der Waals surface area contributed by atoms with Gasteiger partial charge in [-0.25, -0.2) is 9.07 Å². The second kappa shape index (κ2) is 9.72. The number of anilines is 1. The molecule has 1 fully saturated rings. The first-order valence-electron chi connectivity index (χ1n) is 11.0. The molecule has 0 unspecified atom stereocenters. The summed E-state index contributed by atoms with van der Waals surface area (Å²) in [6, 6.07) is 7.24. The molecular formula is C23H36FN5. The molecule has 2 heterocycles. The second-order valence-corrected chi connectivity index (χ2v) is 8.63. The number of nitrogens with zero attached hydrogens (tertiary/aromatic N) is 4. The van der Waals surface area contributed by atoms with Crippen LogP contribution < -0.4 is 10.2 Å². The Morgan fingerprint density at radius 2 is 1.69 bits per heavy atom. The third-order valence-electron chi connectivity index (χ3n) is 5.64. The molecule has 0 radical (unpaired) electrons. The number of rotatable bonds is 8. The van der Waals surface area contributed by atoms with Gasteiger partial charge in [0.25, 0.3) is 0 Å². The highest BCUT2D eigenvalue weighted by atomic mass is 19.1. The quantitative estimate of drug-likeness (QED) is 0.729. The molecule has 1 aromatic heterocycles. The van der Waals surface area contributed by atoms with E-state index in [1.54, 1.807) is 0 Å². The van der Waals surface area contributed by atoms with Crippen molar-refractivity contribution in [3.05, 3.63) is 41.3 Å². The van der Waals surface area contributed by atoms with Crippen LogP contribution in [-0.4, -0.2) is 53.4 Å². The number of aryl methyl sites for hydroxylation is 1. The number of piperazine rings is 1. The summed E-state index contributed by atoms with van der Waals surface area (Å²) >= 11 is 0. The third-order valence-corrected chi connectivity index (χ3v) is 5.64. The lowest BCUT2D eigenvalue weighted by molar-refractivity contribution is 0.208. The van der Waals surface area contributed by atoms with Crippen LogP contribution >= 0.6 is 0 Å². The summed E-state index contributed by atoms with van der Waals surface area (Å²) in [7, 11) is 0. The van der Waals surface area contributed by atoms with Gasteiger partial charge in [-0.15, -0.1) is 0 Å². The van der Waals surface area contributed by atoms with Crippen molar-refractivity contribution in [3.8, 4) is 5.69 Å². The van der Waals surface area contributed by atoms with Crippen LogP contribution in [0.3, 0.4) is 0 Å². The molecule has 0 saturated carbocycles. The molecule has 1 aliphatic rings. The Bertz CT molecular complexity index is 773. The van der Waals surface area contributed by atoms with Gasteiger partial charge in [-0.2, -0.15) is 5.10 Å². The molecule has 0 atom stereocenters. The van der Waals surface area contributed by atoms with Crippen molar-refractivity contribution in [1.82, 2.24) is 20.0 Å². The van der Waals surface area contributed by atoms with Crippen LogP contribution in [0, 0.1) is 11.7 Å². The van der Waals surface area contributed by atoms with Gasteiger partial charge in [0.05, 0.1) is 11.4 Å². The smallest absolute Gasteiger partial charge is 0.137 e. The largest absolute Gasteiger partial charge is 0.354 e. The zero-order valence-corrected chi connectivity index (χ0v) is 18.6. The molecule has 0 aliphatic carbocycles. The highest BCUT2D eigenvalue weighted by molar-refractivity contribution is 5.56. The monoisotopic (exact) mass is 401 g/mol. The van der Waals surface area contributed by atoms with Gasteiger partial charge in [-0.3, -0.25) is 4.90 Å². The van der Waals surface area contributed by atoms with Gasteiger partial charge >= 0.3 is 0 Å². The second-order valence-electron chi connectivity index (χ2n) is 8.63. The van der Waals surface area contributed by atoms with E-state index in [1.807, 2.05) is 16.8 Å². The maximum Gasteiger partial charge on any atom is 0.137 e. The molecule has 0 bridgehead atoms. The Morgan fingerprint density at radius 3 is 2.24 bits per heavy atom. The van der Waals surface area contributed by atoms with E-state index in [0.717, 1.165) is 62.9 Å². The van der Waals surface area contributed by atoms with E-state index < -0.39 is 0 Å². The maximum absolute atomic E-state index is 13.5. The molecule has 0 amide bonds. The van der Waals surface area contributed by atoms with E-state index in [9.17, 15) is 4.39 Å². The minimum Gasteiger partial charge on any atom is -0.354 e. The molecule has 1 aromatic carbocycles. The third kappa shape index (κ3) is 5.17. The van der Waals surface area contributed by atoms with Gasteiger partial charge in [0, 0.05) is 44.3 Å². The van der Waals surface area contributed by atoms with Gasteiger partial charge in [0.1, 0.15) is 11.6 Å². The molecule has 0 spiro atoms. The van der Waals surface area contributed by atoms with Crippen LogP contribution in [0.15, 0.2) is 24.3 Å². The van der Waals surface area contributed by atoms with Gasteiger partial charge in [0.15, 0.2) is 0 Å². The maximum atomic E-state index is 13.5. The predicted molar refractivity (Wildman–Crippen MR) is 118 cm³/mol. The lowest BCUT2D eigenvalue weighted by Crippen LogP contribution is -2.49. The van der Waals surface area contributed by atoms with Crippen LogP contribution in [0.5, 0.6) is 0 Å². The average Bonchev–Trinajstić information content (AvgIpc) is 3.07. The Labute approximate surface area is 174 Å². The highest BCUT2D eigenvalue weighted by Gasteiger charge is 2.26. The number of aromatic nitrogens is 2. The first kappa shape index (κ1) is 21.8. The van der Waals surface area contributed by atoms with Crippen LogP contribution in [0.1, 0.15) is 45.9 Å². The fourth-order valence-electron chi connectivity index (χ4n) is 3.97. The fourth-order valence-corrected chi connectivity index (χ4v) is 3.97. The molecular weight excluding hydrogens is 365 g/mol. The fraction of sp³-hybridized carbons (Fsp3) is 0.609. The Kier molecular flexibility index (Phi) is 7.30. The van der Waals surface area contributed by atoms with Crippen LogP contribution in [0.4, 0.5) is 10.2 Å². The highest BCUT2D eigenvalue weighted by Crippen LogP contribution is 2.29. The predicted octanol–water partition coefficient (Wildman–Crippen LogP) is 3.85. The molecule has 29 heavy (non-hydrogen) atoms. The molecule has 3 rings (SSSR count). The molecule has 160 valence electrons. The van der Waals surface area contributed by atoms with E-state index in [-0.39, 0.29) is 5.82 Å². The molecule has 1 N–H and O–H groups in total. The van der Waals surface area contributed by atoms with Crippen molar-refractivity contribution in [3.63, 3.8) is 0 Å². The first-order valence-corrected chi connectivity index (χ1v) is 11.0. The van der Waals surface area contributed by atoms with Crippen molar-refractivity contribution >= 4 is 5.82 Å². The van der Waals surface area contributed by atoms with Crippen molar-refractivity contribution in [2.24, 2.45) is 5.92 Å². The summed E-state index contributed by atoms with van der Waals surface area (Å²) in [6.07, 6.45) is 0.881. The van der Waals surface area contributed by atoms with E-state index in [4.69, 9.17) is 5.10 Å². The number of hydrogen-bond donors (Lipinski definition) is 1. The van der Waals surface area contributed by atoms with Crippen molar-refractivity contribution in [2.45, 2.75) is 53.6 Å². The van der Waals surface area contributed by atoms with Crippen LogP contribution in [0.2, 0.25) is 0 Å². The van der Waals surface area contributed by atoms with Gasteiger partial charge in [-0.05, 0) is 57.0 Å². The van der Waals surface area contributed by atoms with Gasteiger partial charge < -0.3 is 10.2 Å². The average molecular weight is 402 g/mol. The SMILES string of the molecule is CCc1nn(-c2ccc(F)cc2)c(N2CCN(C(C)C)CC2)c1CNCC(C)C. The molecule has 6 heteroatoms. The van der Waals surface area contributed by atoms with Gasteiger partial charge in [0.2, 0.25) is 0 Å². The Hall–Kier alpha value is -1.92.